The van der Waals surface area contributed by atoms with Gasteiger partial charge in [0.05, 0.1) is 0 Å². The number of rotatable bonds is 49. The molecule has 0 saturated carbocycles. The van der Waals surface area contributed by atoms with E-state index in [4.69, 9.17) is 14.2 Å². The van der Waals surface area contributed by atoms with Crippen molar-refractivity contribution in [1.29, 1.82) is 0 Å². The first-order valence-electron chi connectivity index (χ1n) is 27.0. The molecule has 0 aliphatic rings. The maximum atomic E-state index is 12.8. The normalized spacial score (nSPS) is 12.2. The van der Waals surface area contributed by atoms with E-state index in [-0.39, 0.29) is 50.4 Å². The Bertz CT molecular complexity index is 1050. The van der Waals surface area contributed by atoms with Gasteiger partial charge in [-0.1, -0.05) is 243 Å². The average molecular weight is 871 g/mol. The summed E-state index contributed by atoms with van der Waals surface area (Å²) in [5.41, 5.74) is 0. The Hall–Kier alpha value is -2.37. The Morgan fingerprint density at radius 2 is 0.532 bits per heavy atom. The molecule has 0 spiro atoms. The van der Waals surface area contributed by atoms with E-state index >= 15 is 0 Å². The summed E-state index contributed by atoms with van der Waals surface area (Å²) in [6, 6.07) is 0. The van der Waals surface area contributed by atoms with E-state index in [0.29, 0.717) is 19.3 Å². The summed E-state index contributed by atoms with van der Waals surface area (Å²) in [4.78, 5) is 37.9. The van der Waals surface area contributed by atoms with Gasteiger partial charge in [-0.3, -0.25) is 14.4 Å². The van der Waals surface area contributed by atoms with Crippen LogP contribution in [0.3, 0.4) is 0 Å². The molecular formula is C56H102O6. The molecule has 0 amide bonds. The number of hydrogen-bond donors (Lipinski definition) is 0. The van der Waals surface area contributed by atoms with Gasteiger partial charge >= 0.3 is 17.9 Å². The van der Waals surface area contributed by atoms with Crippen molar-refractivity contribution in [2.75, 3.05) is 13.2 Å². The number of ether oxygens (including phenoxy) is 3. The molecule has 0 aromatic carbocycles. The minimum atomic E-state index is -0.820. The summed E-state index contributed by atoms with van der Waals surface area (Å²) in [7, 11) is 0. The molecule has 0 N–H and O–H groups in total. The lowest BCUT2D eigenvalue weighted by molar-refractivity contribution is -0.166. The zero-order valence-corrected chi connectivity index (χ0v) is 41.4. The van der Waals surface area contributed by atoms with Gasteiger partial charge in [-0.25, -0.2) is 0 Å². The lowest BCUT2D eigenvalue weighted by Gasteiger charge is -2.18. The highest BCUT2D eigenvalue weighted by Crippen LogP contribution is 2.15. The van der Waals surface area contributed by atoms with Crippen LogP contribution in [0.15, 0.2) is 36.5 Å². The first kappa shape index (κ1) is 59.6. The minimum absolute atomic E-state index is 0.117. The molecule has 0 bridgehead atoms. The molecule has 0 aliphatic heterocycles. The van der Waals surface area contributed by atoms with Crippen LogP contribution in [0.25, 0.3) is 0 Å². The molecule has 1 unspecified atom stereocenters. The average Bonchev–Trinajstić information content (AvgIpc) is 3.27. The first-order chi connectivity index (χ1) is 30.5. The zero-order chi connectivity index (χ0) is 45.1. The Balaban J connectivity index is 4.45. The molecule has 0 heterocycles. The molecule has 0 rings (SSSR count). The molecule has 0 saturated heterocycles. The molecule has 62 heavy (non-hydrogen) atoms. The van der Waals surface area contributed by atoms with Crippen LogP contribution in [-0.4, -0.2) is 37.2 Å². The quantitative estimate of drug-likeness (QED) is 0.0262. The van der Waals surface area contributed by atoms with E-state index in [1.54, 1.807) is 0 Å². The number of hydrogen-bond acceptors (Lipinski definition) is 6. The van der Waals surface area contributed by atoms with Gasteiger partial charge in [-0.2, -0.15) is 0 Å². The summed E-state index contributed by atoms with van der Waals surface area (Å²) in [5, 5.41) is 0. The van der Waals surface area contributed by atoms with Crippen molar-refractivity contribution >= 4 is 17.9 Å². The fourth-order valence-electron chi connectivity index (χ4n) is 7.79. The van der Waals surface area contributed by atoms with Crippen LogP contribution in [0.1, 0.15) is 284 Å². The van der Waals surface area contributed by atoms with Gasteiger partial charge in [0.25, 0.3) is 0 Å². The third kappa shape index (κ3) is 48.7. The largest absolute Gasteiger partial charge is 0.462 e. The molecule has 0 aromatic heterocycles. The van der Waals surface area contributed by atoms with Crippen molar-refractivity contribution in [3.63, 3.8) is 0 Å². The molecule has 1 atom stereocenters. The van der Waals surface area contributed by atoms with Crippen LogP contribution in [0.4, 0.5) is 0 Å². The number of carbonyl (C=O) groups excluding carboxylic acids is 3. The van der Waals surface area contributed by atoms with Crippen LogP contribution >= 0.6 is 0 Å². The summed E-state index contributed by atoms with van der Waals surface area (Å²) < 4.78 is 16.7. The highest BCUT2D eigenvalue weighted by molar-refractivity contribution is 5.71. The molecule has 0 aromatic rings. The third-order valence-corrected chi connectivity index (χ3v) is 11.9. The SMILES string of the molecule is CCCCCCCCCCCCC=CCCC(=O)OCC(COC(=O)CCC=CCCCCCCCCCCCCC)OC(=O)CCC=CCCCCCCCCCCCCC. The Kier molecular flexibility index (Phi) is 49.3. The minimum Gasteiger partial charge on any atom is -0.462 e. The smallest absolute Gasteiger partial charge is 0.306 e. The second-order valence-corrected chi connectivity index (χ2v) is 18.1. The predicted octanol–water partition coefficient (Wildman–Crippen LogP) is 17.7. The molecule has 6 nitrogen and oxygen atoms in total. The van der Waals surface area contributed by atoms with Crippen molar-refractivity contribution < 1.29 is 28.6 Å². The lowest BCUT2D eigenvalue weighted by Crippen LogP contribution is -2.30. The van der Waals surface area contributed by atoms with Gasteiger partial charge in [0.15, 0.2) is 6.10 Å². The van der Waals surface area contributed by atoms with Gasteiger partial charge in [-0.15, -0.1) is 0 Å². The Morgan fingerprint density at radius 1 is 0.306 bits per heavy atom. The van der Waals surface area contributed by atoms with Crippen LogP contribution < -0.4 is 0 Å². The van der Waals surface area contributed by atoms with E-state index < -0.39 is 6.10 Å². The van der Waals surface area contributed by atoms with Crippen molar-refractivity contribution in [1.82, 2.24) is 0 Å². The van der Waals surface area contributed by atoms with Crippen LogP contribution in [0.5, 0.6) is 0 Å². The predicted molar refractivity (Wildman–Crippen MR) is 266 cm³/mol. The zero-order valence-electron chi connectivity index (χ0n) is 41.4. The third-order valence-electron chi connectivity index (χ3n) is 11.9. The highest BCUT2D eigenvalue weighted by Gasteiger charge is 2.19. The Labute approximate surface area is 385 Å². The van der Waals surface area contributed by atoms with Gasteiger partial charge in [-0.05, 0) is 57.8 Å². The van der Waals surface area contributed by atoms with E-state index in [0.717, 1.165) is 19.3 Å². The summed E-state index contributed by atoms with van der Waals surface area (Å²) in [6.07, 6.45) is 60.2. The number of esters is 3. The molecule has 0 fully saturated rings. The number of allylic oxidation sites excluding steroid dienone is 6. The van der Waals surface area contributed by atoms with Crippen molar-refractivity contribution in [3.05, 3.63) is 36.5 Å². The van der Waals surface area contributed by atoms with E-state index in [9.17, 15) is 14.4 Å². The first-order valence-corrected chi connectivity index (χ1v) is 27.0. The van der Waals surface area contributed by atoms with E-state index in [1.165, 1.54) is 205 Å². The molecule has 6 heteroatoms. The van der Waals surface area contributed by atoms with E-state index in [2.05, 4.69) is 57.2 Å². The standard InChI is InChI=1S/C56H102O6/c1-4-7-10-13-16-19-22-25-28-31-34-37-40-43-46-49-55(58)61-52-53(51-60-54(57)48-45-42-39-36-33-30-27-24-21-18-15-12-9-6-3)62-56(59)50-47-44-41-38-35-32-29-26-23-20-17-14-11-8-5-2/h39-44,53H,4-38,45-52H2,1-3H3. The summed E-state index contributed by atoms with van der Waals surface area (Å²) in [5.74, 6) is -1.05. The van der Waals surface area contributed by atoms with E-state index in [1.807, 2.05) is 0 Å². The fourth-order valence-corrected chi connectivity index (χ4v) is 7.79. The monoisotopic (exact) mass is 871 g/mol. The maximum absolute atomic E-state index is 12.8. The Morgan fingerprint density at radius 3 is 0.806 bits per heavy atom. The second-order valence-electron chi connectivity index (χ2n) is 18.1. The molecule has 362 valence electrons. The van der Waals surface area contributed by atoms with Crippen LogP contribution in [0.2, 0.25) is 0 Å². The van der Waals surface area contributed by atoms with Gasteiger partial charge in [0, 0.05) is 19.3 Å². The second kappa shape index (κ2) is 51.3. The molecular weight excluding hydrogens is 769 g/mol. The van der Waals surface area contributed by atoms with Crippen molar-refractivity contribution in [2.24, 2.45) is 0 Å². The number of carbonyl (C=O) groups is 3. The molecule has 0 aliphatic carbocycles. The summed E-state index contributed by atoms with van der Waals surface area (Å²) >= 11 is 0. The number of unbranched alkanes of at least 4 members (excludes halogenated alkanes) is 32. The van der Waals surface area contributed by atoms with Crippen LogP contribution in [0, 0.1) is 0 Å². The van der Waals surface area contributed by atoms with Crippen molar-refractivity contribution in [3.8, 4) is 0 Å². The lowest BCUT2D eigenvalue weighted by atomic mass is 10.1. The van der Waals surface area contributed by atoms with Gasteiger partial charge in [0.2, 0.25) is 0 Å². The highest BCUT2D eigenvalue weighted by atomic mass is 16.6. The fraction of sp³-hybridized carbons (Fsp3) is 0.839. The van der Waals surface area contributed by atoms with Crippen LogP contribution in [-0.2, 0) is 28.6 Å². The summed E-state index contributed by atoms with van der Waals surface area (Å²) in [6.45, 7) is 6.56. The molecule has 0 radical (unpaired) electrons. The topological polar surface area (TPSA) is 78.9 Å². The maximum Gasteiger partial charge on any atom is 0.306 e. The van der Waals surface area contributed by atoms with Crippen molar-refractivity contribution in [2.45, 2.75) is 290 Å². The van der Waals surface area contributed by atoms with Gasteiger partial charge in [0.1, 0.15) is 13.2 Å². The van der Waals surface area contributed by atoms with Gasteiger partial charge < -0.3 is 14.2 Å².